The molecule has 1 amide bonds. The van der Waals surface area contributed by atoms with Crippen LogP contribution < -0.4 is 10.1 Å². The molecule has 2 aromatic carbocycles. The molecule has 0 aromatic heterocycles. The van der Waals surface area contributed by atoms with Gasteiger partial charge in [0.25, 0.3) is 0 Å². The summed E-state index contributed by atoms with van der Waals surface area (Å²) in [5.74, 6) is 0.552. The van der Waals surface area contributed by atoms with Crippen LogP contribution >= 0.6 is 0 Å². The van der Waals surface area contributed by atoms with Crippen molar-refractivity contribution in [3.63, 3.8) is 0 Å². The predicted molar refractivity (Wildman–Crippen MR) is 123 cm³/mol. The van der Waals surface area contributed by atoms with Crippen LogP contribution in [0.2, 0.25) is 0 Å². The van der Waals surface area contributed by atoms with E-state index in [4.69, 9.17) is 9.47 Å². The number of benzene rings is 2. The summed E-state index contributed by atoms with van der Waals surface area (Å²) in [6, 6.07) is 12.2. The molecule has 1 aliphatic rings. The van der Waals surface area contributed by atoms with Gasteiger partial charge in [-0.15, -0.1) is 0 Å². The van der Waals surface area contributed by atoms with E-state index in [2.05, 4.69) is 5.32 Å². The number of ether oxygens (including phenoxy) is 2. The highest BCUT2D eigenvalue weighted by atomic mass is 32.2. The maximum Gasteiger partial charge on any atom is 0.243 e. The number of rotatable bonds is 8. The van der Waals surface area contributed by atoms with E-state index in [1.165, 1.54) is 10.4 Å². The number of aryl methyl sites for hydroxylation is 1. The van der Waals surface area contributed by atoms with Crippen molar-refractivity contribution in [3.8, 4) is 5.75 Å². The van der Waals surface area contributed by atoms with Crippen molar-refractivity contribution >= 4 is 21.6 Å². The number of anilines is 1. The maximum atomic E-state index is 13.1. The van der Waals surface area contributed by atoms with E-state index >= 15 is 0 Å². The van der Waals surface area contributed by atoms with Crippen LogP contribution in [-0.2, 0) is 26.1 Å². The topological polar surface area (TPSA) is 88.2 Å². The normalized spacial score (nSPS) is 16.0. The summed E-state index contributed by atoms with van der Waals surface area (Å²) in [5.41, 5.74) is 2.12. The minimum atomic E-state index is -3.66. The van der Waals surface area contributed by atoms with E-state index in [1.54, 1.807) is 26.2 Å². The van der Waals surface area contributed by atoms with Crippen molar-refractivity contribution in [1.29, 1.82) is 0 Å². The molecular formula is C23H31N3O5S. The summed E-state index contributed by atoms with van der Waals surface area (Å²) in [4.78, 5) is 15.0. The number of carbonyl (C=O) groups is 1. The fourth-order valence-corrected chi connectivity index (χ4v) is 5.18. The number of hydrogen-bond donors (Lipinski definition) is 1. The Labute approximate surface area is 190 Å². The molecule has 0 saturated carbocycles. The second kappa shape index (κ2) is 10.4. The average molecular weight is 462 g/mol. The van der Waals surface area contributed by atoms with Gasteiger partial charge in [-0.05, 0) is 56.3 Å². The van der Waals surface area contributed by atoms with Crippen LogP contribution in [0.3, 0.4) is 0 Å². The van der Waals surface area contributed by atoms with Gasteiger partial charge in [0.2, 0.25) is 15.9 Å². The van der Waals surface area contributed by atoms with Crippen LogP contribution in [0.5, 0.6) is 5.75 Å². The molecule has 1 heterocycles. The zero-order valence-corrected chi connectivity index (χ0v) is 19.8. The third-order valence-corrected chi connectivity index (χ3v) is 7.69. The fourth-order valence-electron chi connectivity index (χ4n) is 3.52. The second-order valence-corrected chi connectivity index (χ2v) is 9.83. The predicted octanol–water partition coefficient (Wildman–Crippen LogP) is 2.48. The number of sulfonamides is 1. The van der Waals surface area contributed by atoms with Gasteiger partial charge in [-0.1, -0.05) is 18.2 Å². The van der Waals surface area contributed by atoms with Crippen molar-refractivity contribution in [2.45, 2.75) is 31.3 Å². The number of amides is 1. The number of likely N-dealkylation sites (N-methyl/N-ethyl adjacent to an activating group) is 1. The summed E-state index contributed by atoms with van der Waals surface area (Å²) in [5, 5.41) is 2.86. The molecule has 1 atom stereocenters. The SMILES string of the molecule is COc1cccc(CN(C)[C@@H](C)C(=O)Nc2ccc(C)c(S(=O)(=O)N3CCOCC3)c2)c1. The van der Waals surface area contributed by atoms with Gasteiger partial charge in [0.05, 0.1) is 31.3 Å². The van der Waals surface area contributed by atoms with Gasteiger partial charge < -0.3 is 14.8 Å². The van der Waals surface area contributed by atoms with E-state index in [9.17, 15) is 13.2 Å². The third kappa shape index (κ3) is 5.66. The molecule has 174 valence electrons. The van der Waals surface area contributed by atoms with Crippen molar-refractivity contribution in [2.75, 3.05) is 45.8 Å². The Balaban J connectivity index is 1.70. The highest BCUT2D eigenvalue weighted by Gasteiger charge is 2.28. The number of methoxy groups -OCH3 is 1. The third-order valence-electron chi connectivity index (χ3n) is 5.65. The van der Waals surface area contributed by atoms with Gasteiger partial charge in [0.15, 0.2) is 0 Å². The molecule has 0 aliphatic carbocycles. The van der Waals surface area contributed by atoms with Gasteiger partial charge in [-0.3, -0.25) is 9.69 Å². The number of morpholine rings is 1. The van der Waals surface area contributed by atoms with E-state index in [1.807, 2.05) is 43.1 Å². The zero-order valence-electron chi connectivity index (χ0n) is 19.0. The molecule has 0 unspecified atom stereocenters. The Hall–Kier alpha value is -2.46. The van der Waals surface area contributed by atoms with E-state index in [0.717, 1.165) is 11.3 Å². The number of nitrogens with one attached hydrogen (secondary N) is 1. The molecule has 0 bridgehead atoms. The first-order chi connectivity index (χ1) is 15.2. The van der Waals surface area contributed by atoms with Gasteiger partial charge in [0, 0.05) is 25.3 Å². The lowest BCUT2D eigenvalue weighted by molar-refractivity contribution is -0.120. The average Bonchev–Trinajstić information content (AvgIpc) is 2.80. The van der Waals surface area contributed by atoms with Crippen LogP contribution in [-0.4, -0.2) is 70.0 Å². The van der Waals surface area contributed by atoms with Crippen molar-refractivity contribution in [1.82, 2.24) is 9.21 Å². The van der Waals surface area contributed by atoms with Crippen LogP contribution in [0.4, 0.5) is 5.69 Å². The van der Waals surface area contributed by atoms with Crippen LogP contribution in [0.15, 0.2) is 47.4 Å². The van der Waals surface area contributed by atoms with Crippen molar-refractivity contribution in [2.24, 2.45) is 0 Å². The molecule has 1 aliphatic heterocycles. The Bertz CT molecular complexity index is 1050. The molecule has 8 nitrogen and oxygen atoms in total. The minimum Gasteiger partial charge on any atom is -0.497 e. The fraction of sp³-hybridized carbons (Fsp3) is 0.435. The molecule has 1 saturated heterocycles. The van der Waals surface area contributed by atoms with Crippen LogP contribution in [0.1, 0.15) is 18.1 Å². The minimum absolute atomic E-state index is 0.203. The second-order valence-electron chi connectivity index (χ2n) is 7.93. The molecule has 9 heteroatoms. The van der Waals surface area contributed by atoms with Gasteiger partial charge in [-0.2, -0.15) is 4.31 Å². The Morgan fingerprint density at radius 3 is 2.62 bits per heavy atom. The molecule has 1 fully saturated rings. The molecule has 32 heavy (non-hydrogen) atoms. The first kappa shape index (κ1) is 24.2. The Kier molecular flexibility index (Phi) is 7.89. The lowest BCUT2D eigenvalue weighted by Crippen LogP contribution is -2.41. The summed E-state index contributed by atoms with van der Waals surface area (Å²) >= 11 is 0. The van der Waals surface area contributed by atoms with Gasteiger partial charge >= 0.3 is 0 Å². The lowest BCUT2D eigenvalue weighted by atomic mass is 10.1. The molecular weight excluding hydrogens is 430 g/mol. The lowest BCUT2D eigenvalue weighted by Gasteiger charge is -2.27. The standard InChI is InChI=1S/C23H31N3O5S/c1-17-8-9-20(15-22(17)32(28,29)26-10-12-31-13-11-26)24-23(27)18(2)25(3)16-19-6-5-7-21(14-19)30-4/h5-9,14-15,18H,10-13,16H2,1-4H3,(H,24,27)/t18-/m0/s1. The zero-order chi connectivity index (χ0) is 23.3. The molecule has 0 spiro atoms. The number of hydrogen-bond acceptors (Lipinski definition) is 6. The largest absolute Gasteiger partial charge is 0.497 e. The summed E-state index contributed by atoms with van der Waals surface area (Å²) in [6.07, 6.45) is 0. The Morgan fingerprint density at radius 2 is 1.94 bits per heavy atom. The Morgan fingerprint density at radius 1 is 1.22 bits per heavy atom. The van der Waals surface area contributed by atoms with Crippen LogP contribution in [0.25, 0.3) is 0 Å². The summed E-state index contributed by atoms with van der Waals surface area (Å²) < 4.78 is 38.1. The highest BCUT2D eigenvalue weighted by Crippen LogP contribution is 2.25. The van der Waals surface area contributed by atoms with Crippen molar-refractivity contribution < 1.29 is 22.7 Å². The smallest absolute Gasteiger partial charge is 0.243 e. The quantitative estimate of drug-likeness (QED) is 0.650. The van der Waals surface area contributed by atoms with E-state index < -0.39 is 16.1 Å². The molecule has 1 N–H and O–H groups in total. The van der Waals surface area contributed by atoms with Gasteiger partial charge in [-0.25, -0.2) is 8.42 Å². The summed E-state index contributed by atoms with van der Waals surface area (Å²) in [7, 11) is -0.168. The monoisotopic (exact) mass is 461 g/mol. The maximum absolute atomic E-state index is 13.1. The van der Waals surface area contributed by atoms with E-state index in [-0.39, 0.29) is 10.8 Å². The molecule has 3 rings (SSSR count). The van der Waals surface area contributed by atoms with Crippen LogP contribution in [0, 0.1) is 6.92 Å². The van der Waals surface area contributed by atoms with Crippen molar-refractivity contribution in [3.05, 3.63) is 53.6 Å². The number of nitrogens with zero attached hydrogens (tertiary/aromatic N) is 2. The summed E-state index contributed by atoms with van der Waals surface area (Å²) in [6.45, 7) is 5.54. The molecule has 2 aromatic rings. The van der Waals surface area contributed by atoms with E-state index in [0.29, 0.717) is 44.1 Å². The molecule has 0 radical (unpaired) electrons. The first-order valence-electron chi connectivity index (χ1n) is 10.5. The highest BCUT2D eigenvalue weighted by molar-refractivity contribution is 7.89. The first-order valence-corrected chi connectivity index (χ1v) is 12.0. The van der Waals surface area contributed by atoms with Gasteiger partial charge in [0.1, 0.15) is 5.75 Å². The number of carbonyl (C=O) groups excluding carboxylic acids is 1.